The van der Waals surface area contributed by atoms with Crippen molar-refractivity contribution in [1.82, 2.24) is 0 Å². The Morgan fingerprint density at radius 3 is 1.06 bits per heavy atom. The fraction of sp³-hybridized carbons (Fsp3) is 0.0909. The standard InChI is InChI=1S/2C9H8O4.C4H4O4/c2*10-8(11)5-7(9(12)13)6-3-1-2-4-6;5-3(6)1-2-4(7)8/h2*1-3,5H,4H2,(H,10,11)(H,12,13);1-2H,(H,5,6)(H,7,8)/b2*7-5-;2-1-. The lowest BCUT2D eigenvalue weighted by atomic mass is 10.1. The topological polar surface area (TPSA) is 224 Å². The highest BCUT2D eigenvalue weighted by molar-refractivity contribution is 5.99. The number of hydrogen-bond donors (Lipinski definition) is 6. The molecule has 0 aromatic carbocycles. The van der Waals surface area contributed by atoms with Crippen LogP contribution in [0.4, 0.5) is 0 Å². The summed E-state index contributed by atoms with van der Waals surface area (Å²) in [5.74, 6) is -7.43. The maximum Gasteiger partial charge on any atom is 0.336 e. The molecule has 0 unspecified atom stereocenters. The zero-order valence-electron chi connectivity index (χ0n) is 17.3. The molecule has 0 amide bonds. The van der Waals surface area contributed by atoms with Gasteiger partial charge in [-0.25, -0.2) is 28.8 Å². The van der Waals surface area contributed by atoms with Crippen LogP contribution in [0.5, 0.6) is 0 Å². The van der Waals surface area contributed by atoms with Crippen molar-refractivity contribution < 1.29 is 59.4 Å². The third-order valence-corrected chi connectivity index (χ3v) is 3.60. The van der Waals surface area contributed by atoms with E-state index in [2.05, 4.69) is 0 Å². The number of carboxylic acids is 6. The highest BCUT2D eigenvalue weighted by Crippen LogP contribution is 2.20. The smallest absolute Gasteiger partial charge is 0.336 e. The summed E-state index contributed by atoms with van der Waals surface area (Å²) in [5, 5.41) is 49.8. The summed E-state index contributed by atoms with van der Waals surface area (Å²) in [6.07, 6.45) is 13.6. The van der Waals surface area contributed by atoms with Gasteiger partial charge in [-0.2, -0.15) is 0 Å². The van der Waals surface area contributed by atoms with Crippen molar-refractivity contribution in [2.75, 3.05) is 0 Å². The van der Waals surface area contributed by atoms with Crippen molar-refractivity contribution in [2.45, 2.75) is 12.8 Å². The Labute approximate surface area is 191 Å². The van der Waals surface area contributed by atoms with Crippen LogP contribution in [0, 0.1) is 0 Å². The van der Waals surface area contributed by atoms with E-state index in [1.165, 1.54) is 0 Å². The molecule has 2 rings (SSSR count). The minimum atomic E-state index is -1.26. The Balaban J connectivity index is 0.000000497. The van der Waals surface area contributed by atoms with E-state index in [0.29, 0.717) is 48.3 Å². The fourth-order valence-corrected chi connectivity index (χ4v) is 2.27. The first-order chi connectivity index (χ1) is 15.8. The van der Waals surface area contributed by atoms with Crippen LogP contribution in [0.3, 0.4) is 0 Å². The van der Waals surface area contributed by atoms with Crippen molar-refractivity contribution >= 4 is 35.8 Å². The summed E-state index contributed by atoms with van der Waals surface area (Å²) < 4.78 is 0. The summed E-state index contributed by atoms with van der Waals surface area (Å²) in [6.45, 7) is 0. The number of carboxylic acid groups (broad SMARTS) is 6. The SMILES string of the molecule is O=C(O)/C=C(\C(=O)O)C1=CC=CC1.O=C(O)/C=C(\C(=O)O)C1=CC=CC1.O=C(O)/C=C\C(=O)O. The Bertz CT molecular complexity index is 977. The molecule has 0 spiro atoms. The summed E-state index contributed by atoms with van der Waals surface area (Å²) in [6, 6.07) is 0. The Hall–Kier alpha value is -5.00. The van der Waals surface area contributed by atoms with Gasteiger partial charge in [-0.1, -0.05) is 36.5 Å². The van der Waals surface area contributed by atoms with Gasteiger partial charge < -0.3 is 30.6 Å². The van der Waals surface area contributed by atoms with E-state index in [0.717, 1.165) is 0 Å². The molecule has 0 aliphatic heterocycles. The number of aliphatic carboxylic acids is 6. The summed E-state index contributed by atoms with van der Waals surface area (Å²) in [5.41, 5.74) is 0.736. The van der Waals surface area contributed by atoms with Gasteiger partial charge in [0, 0.05) is 24.3 Å². The van der Waals surface area contributed by atoms with Gasteiger partial charge in [-0.05, 0) is 24.0 Å². The predicted molar refractivity (Wildman–Crippen MR) is 115 cm³/mol. The first kappa shape index (κ1) is 29.0. The van der Waals surface area contributed by atoms with Gasteiger partial charge in [-0.3, -0.25) is 0 Å². The van der Waals surface area contributed by atoms with Crippen LogP contribution >= 0.6 is 0 Å². The lowest BCUT2D eigenvalue weighted by Crippen LogP contribution is -2.05. The largest absolute Gasteiger partial charge is 0.478 e. The lowest BCUT2D eigenvalue weighted by Gasteiger charge is -2.00. The minimum absolute atomic E-state index is 0.155. The summed E-state index contributed by atoms with van der Waals surface area (Å²) in [4.78, 5) is 60.9. The summed E-state index contributed by atoms with van der Waals surface area (Å²) >= 11 is 0. The van der Waals surface area contributed by atoms with Gasteiger partial charge in [-0.15, -0.1) is 0 Å². The van der Waals surface area contributed by atoms with Crippen molar-refractivity contribution in [2.24, 2.45) is 0 Å². The van der Waals surface area contributed by atoms with Crippen LogP contribution in [0.1, 0.15) is 12.8 Å². The molecule has 2 aliphatic carbocycles. The van der Waals surface area contributed by atoms with Crippen LogP contribution < -0.4 is 0 Å². The zero-order chi connectivity index (χ0) is 26.3. The zero-order valence-corrected chi connectivity index (χ0v) is 17.3. The van der Waals surface area contributed by atoms with Crippen molar-refractivity contribution in [1.29, 1.82) is 0 Å². The maximum atomic E-state index is 10.6. The van der Waals surface area contributed by atoms with Gasteiger partial charge in [0.1, 0.15) is 0 Å². The molecular formula is C22H20O12. The average Bonchev–Trinajstić information content (AvgIpc) is 3.43. The van der Waals surface area contributed by atoms with Gasteiger partial charge in [0.15, 0.2) is 0 Å². The van der Waals surface area contributed by atoms with E-state index in [9.17, 15) is 28.8 Å². The Kier molecular flexibility index (Phi) is 12.7. The van der Waals surface area contributed by atoms with Crippen molar-refractivity contribution in [3.63, 3.8) is 0 Å². The molecule has 6 N–H and O–H groups in total. The summed E-state index contributed by atoms with van der Waals surface area (Å²) in [7, 11) is 0. The molecular weight excluding hydrogens is 456 g/mol. The normalized spacial score (nSPS) is 14.2. The second kappa shape index (κ2) is 14.9. The third kappa shape index (κ3) is 12.6. The molecule has 0 saturated heterocycles. The number of allylic oxidation sites excluding steroid dienone is 6. The molecule has 0 saturated carbocycles. The predicted octanol–water partition coefficient (Wildman–Crippen LogP) is 1.65. The molecule has 2 aliphatic rings. The molecule has 0 heterocycles. The van der Waals surface area contributed by atoms with E-state index in [1.807, 2.05) is 0 Å². The average molecular weight is 476 g/mol. The van der Waals surface area contributed by atoms with Crippen LogP contribution in [0.25, 0.3) is 0 Å². The van der Waals surface area contributed by atoms with E-state index in [1.54, 1.807) is 36.5 Å². The molecule has 0 fully saturated rings. The van der Waals surface area contributed by atoms with Crippen molar-refractivity contribution in [3.8, 4) is 0 Å². The van der Waals surface area contributed by atoms with Crippen LogP contribution in [-0.2, 0) is 28.8 Å². The van der Waals surface area contributed by atoms with Crippen LogP contribution in [0.2, 0.25) is 0 Å². The highest BCUT2D eigenvalue weighted by Gasteiger charge is 2.16. The number of carbonyl (C=O) groups is 6. The van der Waals surface area contributed by atoms with E-state index < -0.39 is 35.8 Å². The van der Waals surface area contributed by atoms with Gasteiger partial charge in [0.05, 0.1) is 11.1 Å². The highest BCUT2D eigenvalue weighted by atomic mass is 16.4. The van der Waals surface area contributed by atoms with Crippen molar-refractivity contribution in [3.05, 3.63) is 83.1 Å². The van der Waals surface area contributed by atoms with E-state index in [4.69, 9.17) is 30.6 Å². The van der Waals surface area contributed by atoms with Gasteiger partial charge >= 0.3 is 35.8 Å². The van der Waals surface area contributed by atoms with Gasteiger partial charge in [0.2, 0.25) is 0 Å². The molecule has 0 aromatic rings. The molecule has 0 radical (unpaired) electrons. The maximum absolute atomic E-state index is 10.6. The second-order valence-electron chi connectivity index (χ2n) is 6.06. The molecule has 0 bridgehead atoms. The molecule has 0 atom stereocenters. The lowest BCUT2D eigenvalue weighted by molar-refractivity contribution is -0.134. The first-order valence-corrected chi connectivity index (χ1v) is 9.07. The Morgan fingerprint density at radius 1 is 0.559 bits per heavy atom. The Morgan fingerprint density at radius 2 is 0.882 bits per heavy atom. The fourth-order valence-electron chi connectivity index (χ4n) is 2.27. The van der Waals surface area contributed by atoms with Crippen LogP contribution in [0.15, 0.2) is 83.1 Å². The molecule has 180 valence electrons. The molecule has 34 heavy (non-hydrogen) atoms. The third-order valence-electron chi connectivity index (χ3n) is 3.60. The van der Waals surface area contributed by atoms with Crippen LogP contribution in [-0.4, -0.2) is 66.5 Å². The molecule has 12 heteroatoms. The monoisotopic (exact) mass is 476 g/mol. The molecule has 0 aromatic heterocycles. The second-order valence-corrected chi connectivity index (χ2v) is 6.06. The molecule has 12 nitrogen and oxygen atoms in total. The van der Waals surface area contributed by atoms with E-state index in [-0.39, 0.29) is 11.1 Å². The first-order valence-electron chi connectivity index (χ1n) is 9.07. The quantitative estimate of drug-likeness (QED) is 0.275. The van der Waals surface area contributed by atoms with E-state index >= 15 is 0 Å². The number of rotatable bonds is 8. The minimum Gasteiger partial charge on any atom is -0.478 e. The van der Waals surface area contributed by atoms with Gasteiger partial charge in [0.25, 0.3) is 0 Å². The number of hydrogen-bond acceptors (Lipinski definition) is 6.